The Labute approximate surface area is 320 Å². The van der Waals surface area contributed by atoms with Gasteiger partial charge < -0.3 is 46.1 Å². The van der Waals surface area contributed by atoms with E-state index in [1.165, 1.54) is 40.2 Å². The van der Waals surface area contributed by atoms with Crippen molar-refractivity contribution in [3.8, 4) is 11.5 Å². The standard InChI is InChI=1S/C34H34ClN7O10S2/c35-23-20(7-8-22(43)27(23)44)28(45)37-9-12-42(10-3-4-11-42)13-18-15-53-31-25(30(47)41(31)26(18)33(50)51)39-29(46)24(21-16-54-34(36)38-21)40-52-14-17-5-1-2-6-19(17)32(48)49/h1-2,5-8,16,25,31H,3-4,9-15H2,(H7-,36,37,38,39,40,43,44,45,46,48,49,50,51)/p+1/t25-,31-/m1/s1. The van der Waals surface area contributed by atoms with E-state index in [0.29, 0.717) is 28.7 Å². The number of thioether (sulfide) groups is 1. The van der Waals surface area contributed by atoms with Gasteiger partial charge in [0.2, 0.25) is 0 Å². The summed E-state index contributed by atoms with van der Waals surface area (Å²) in [7, 11) is 0. The maximum Gasteiger partial charge on any atom is 0.352 e. The number of likely N-dealkylation sites (tertiary alicyclic amines) is 1. The van der Waals surface area contributed by atoms with Crippen LogP contribution in [0.15, 0.2) is 58.2 Å². The molecule has 0 aliphatic carbocycles. The Bertz CT molecular complexity index is 2080. The van der Waals surface area contributed by atoms with Crippen LogP contribution in [0.25, 0.3) is 0 Å². The summed E-state index contributed by atoms with van der Waals surface area (Å²) in [6, 6.07) is 7.49. The third-order valence-corrected chi connectivity index (χ3v) is 11.8. The number of anilines is 1. The summed E-state index contributed by atoms with van der Waals surface area (Å²) in [4.78, 5) is 74.9. The zero-order valence-corrected chi connectivity index (χ0v) is 30.7. The van der Waals surface area contributed by atoms with Crippen LogP contribution in [0.5, 0.6) is 11.5 Å². The van der Waals surface area contributed by atoms with Crippen LogP contribution in [0.2, 0.25) is 5.02 Å². The van der Waals surface area contributed by atoms with Gasteiger partial charge in [0.15, 0.2) is 22.3 Å². The lowest BCUT2D eigenvalue weighted by Gasteiger charge is -2.50. The summed E-state index contributed by atoms with van der Waals surface area (Å²) >= 11 is 8.41. The zero-order valence-electron chi connectivity index (χ0n) is 28.4. The largest absolute Gasteiger partial charge is 0.504 e. The summed E-state index contributed by atoms with van der Waals surface area (Å²) in [5.41, 5.74) is 6.25. The van der Waals surface area contributed by atoms with E-state index in [1.54, 1.807) is 12.1 Å². The SMILES string of the molecule is Nc1nc(/C(=N/OCc2ccccc2C(=O)O)C(=O)N[C@@H]2C(=O)N3C(C(=O)O)=C(C[N+]4(CCNC(=O)c5ccc(O)c(O)c5Cl)CCCC4)CS[C@H]23)cs1. The molecule has 0 saturated carbocycles. The fourth-order valence-corrected chi connectivity index (χ4v) is 8.87. The van der Waals surface area contributed by atoms with Crippen molar-refractivity contribution in [2.24, 2.45) is 5.16 Å². The minimum atomic E-state index is -1.28. The van der Waals surface area contributed by atoms with Gasteiger partial charge in [0.1, 0.15) is 36.0 Å². The number of quaternary nitrogens is 1. The zero-order chi connectivity index (χ0) is 38.7. The molecule has 0 spiro atoms. The smallest absolute Gasteiger partial charge is 0.352 e. The molecule has 4 heterocycles. The third-order valence-electron chi connectivity index (χ3n) is 9.39. The number of phenols is 2. The highest BCUT2D eigenvalue weighted by Gasteiger charge is 2.55. The van der Waals surface area contributed by atoms with Crippen LogP contribution in [0.4, 0.5) is 5.13 Å². The van der Waals surface area contributed by atoms with Crippen molar-refractivity contribution in [3.63, 3.8) is 0 Å². The van der Waals surface area contributed by atoms with Crippen LogP contribution in [0, 0.1) is 0 Å². The first-order valence-electron chi connectivity index (χ1n) is 16.6. The van der Waals surface area contributed by atoms with E-state index in [9.17, 15) is 44.4 Å². The van der Waals surface area contributed by atoms with E-state index in [4.69, 9.17) is 22.2 Å². The van der Waals surface area contributed by atoms with Crippen LogP contribution < -0.4 is 16.4 Å². The molecule has 3 aliphatic heterocycles. The highest BCUT2D eigenvalue weighted by Crippen LogP contribution is 2.41. The topological polar surface area (TPSA) is 254 Å². The number of fused-ring (bicyclic) bond motifs is 1. The van der Waals surface area contributed by atoms with E-state index < -0.39 is 52.6 Å². The molecule has 0 bridgehead atoms. The molecule has 2 saturated heterocycles. The van der Waals surface area contributed by atoms with Gasteiger partial charge in [0.25, 0.3) is 17.7 Å². The van der Waals surface area contributed by atoms with Crippen LogP contribution in [0.3, 0.4) is 0 Å². The van der Waals surface area contributed by atoms with Crippen molar-refractivity contribution in [1.82, 2.24) is 20.5 Å². The van der Waals surface area contributed by atoms with E-state index in [0.717, 1.165) is 43.3 Å². The number of hydrogen-bond donors (Lipinski definition) is 7. The number of carbonyl (C=O) groups is 5. The fraction of sp³-hybridized carbons (Fsp3) is 0.324. The van der Waals surface area contributed by atoms with Crippen molar-refractivity contribution in [1.29, 1.82) is 0 Å². The normalized spacial score (nSPS) is 19.2. The number of hydrogen-bond acceptors (Lipinski definition) is 13. The van der Waals surface area contributed by atoms with Crippen LogP contribution in [0.1, 0.15) is 44.8 Å². The summed E-state index contributed by atoms with van der Waals surface area (Å²) < 4.78 is 0.474. The van der Waals surface area contributed by atoms with Crippen molar-refractivity contribution in [2.45, 2.75) is 30.9 Å². The van der Waals surface area contributed by atoms with E-state index in [-0.39, 0.29) is 57.3 Å². The number of nitrogens with one attached hydrogen (secondary N) is 2. The first-order chi connectivity index (χ1) is 25.8. The van der Waals surface area contributed by atoms with E-state index in [1.807, 2.05) is 0 Å². The second kappa shape index (κ2) is 15.9. The molecule has 20 heteroatoms. The number of nitrogens with two attached hydrogens (primary N) is 1. The molecule has 2 aromatic carbocycles. The number of carboxylic acids is 2. The lowest BCUT2D eigenvalue weighted by atomic mass is 10.0. The molecule has 3 aromatic rings. The number of aromatic carboxylic acids is 1. The molecule has 3 aliphatic rings. The molecular weight excluding hydrogens is 766 g/mol. The lowest BCUT2D eigenvalue weighted by molar-refractivity contribution is -0.911. The summed E-state index contributed by atoms with van der Waals surface area (Å²) in [5.74, 6) is -5.23. The van der Waals surface area contributed by atoms with Crippen molar-refractivity contribution in [3.05, 3.63) is 80.5 Å². The van der Waals surface area contributed by atoms with Gasteiger partial charge in [-0.1, -0.05) is 35.0 Å². The van der Waals surface area contributed by atoms with Gasteiger partial charge in [0, 0.05) is 35.1 Å². The van der Waals surface area contributed by atoms with Gasteiger partial charge in [-0.2, -0.15) is 0 Å². The average molecular weight is 801 g/mol. The fourth-order valence-electron chi connectivity index (χ4n) is 6.74. The number of aliphatic carboxylic acids is 1. The Hall–Kier alpha value is -5.37. The van der Waals surface area contributed by atoms with Crippen LogP contribution in [-0.4, -0.2) is 120 Å². The molecule has 17 nitrogen and oxygen atoms in total. The Kier molecular flexibility index (Phi) is 11.3. The molecule has 0 radical (unpaired) electrons. The minimum Gasteiger partial charge on any atom is -0.504 e. The van der Waals surface area contributed by atoms with Gasteiger partial charge in [-0.15, -0.1) is 23.1 Å². The molecule has 3 amide bonds. The highest BCUT2D eigenvalue weighted by atomic mass is 35.5. The number of rotatable bonds is 14. The Morgan fingerprint density at radius 1 is 1.07 bits per heavy atom. The molecule has 284 valence electrons. The van der Waals surface area contributed by atoms with Crippen molar-refractivity contribution < 1.29 is 53.7 Å². The number of aromatic hydroxyl groups is 2. The first-order valence-corrected chi connectivity index (χ1v) is 18.9. The number of amides is 3. The van der Waals surface area contributed by atoms with Gasteiger partial charge in [-0.05, 0) is 18.2 Å². The average Bonchev–Trinajstić information content (AvgIpc) is 3.79. The predicted octanol–water partition coefficient (Wildman–Crippen LogP) is 2.19. The number of benzene rings is 2. The van der Waals surface area contributed by atoms with Crippen molar-refractivity contribution in [2.75, 3.05) is 44.2 Å². The van der Waals surface area contributed by atoms with E-state index in [2.05, 4.69) is 20.8 Å². The molecule has 1 aromatic heterocycles. The quantitative estimate of drug-likeness (QED) is 0.0407. The Morgan fingerprint density at radius 2 is 1.81 bits per heavy atom. The van der Waals surface area contributed by atoms with Crippen LogP contribution in [-0.2, 0) is 25.8 Å². The summed E-state index contributed by atoms with van der Waals surface area (Å²) in [5, 5.41) is 49.4. The molecule has 6 rings (SSSR count). The maximum absolute atomic E-state index is 13.6. The molecule has 0 unspecified atom stereocenters. The number of phenolic OH excluding ortho intramolecular Hbond substituents is 2. The third kappa shape index (κ3) is 7.79. The number of halogens is 1. The number of aromatic nitrogens is 1. The monoisotopic (exact) mass is 800 g/mol. The lowest BCUT2D eigenvalue weighted by Crippen LogP contribution is -2.71. The molecular formula is C34H35ClN7O10S2+. The van der Waals surface area contributed by atoms with Gasteiger partial charge >= 0.3 is 11.9 Å². The minimum absolute atomic E-state index is 0.00460. The number of carboxylic acid groups (broad SMARTS) is 2. The second-order valence-electron chi connectivity index (χ2n) is 12.8. The number of thiazole rings is 1. The molecule has 54 heavy (non-hydrogen) atoms. The second-order valence-corrected chi connectivity index (χ2v) is 15.2. The highest BCUT2D eigenvalue weighted by molar-refractivity contribution is 8.00. The van der Waals surface area contributed by atoms with Crippen LogP contribution >= 0.6 is 34.7 Å². The van der Waals surface area contributed by atoms with Gasteiger partial charge in [0.05, 0.1) is 42.3 Å². The maximum atomic E-state index is 13.6. The van der Waals surface area contributed by atoms with E-state index >= 15 is 0 Å². The predicted molar refractivity (Wildman–Crippen MR) is 197 cm³/mol. The summed E-state index contributed by atoms with van der Waals surface area (Å²) in [6.45, 7) is 2.15. The van der Waals surface area contributed by atoms with Crippen molar-refractivity contribution >= 4 is 75.2 Å². The molecule has 2 atom stereocenters. The summed E-state index contributed by atoms with van der Waals surface area (Å²) in [6.07, 6.45) is 1.77. The Balaban J connectivity index is 1.14. The number of nitrogens with zero attached hydrogens (tertiary/aromatic N) is 4. The van der Waals surface area contributed by atoms with Gasteiger partial charge in [-0.3, -0.25) is 19.3 Å². The number of nitrogen functional groups attached to an aromatic ring is 1. The number of oxime groups is 1. The number of carbonyl (C=O) groups excluding carboxylic acids is 3. The number of β-lactam (4-membered cyclic amide) rings is 1. The Morgan fingerprint density at radius 3 is 2.50 bits per heavy atom. The molecule has 2 fully saturated rings. The molecule has 8 N–H and O–H groups in total. The van der Waals surface area contributed by atoms with Gasteiger partial charge in [-0.25, -0.2) is 14.6 Å². The first kappa shape index (κ1) is 38.4.